The number of nitrogens with one attached hydrogen (secondary N) is 2. The maximum absolute atomic E-state index is 10.1. The van der Waals surface area contributed by atoms with Crippen molar-refractivity contribution in [2.45, 2.75) is 25.4 Å². The predicted molar refractivity (Wildman–Crippen MR) is 74.3 cm³/mol. The van der Waals surface area contributed by atoms with Crippen LogP contribution < -0.4 is 5.32 Å². The molecule has 1 aliphatic rings. The number of aryl methyl sites for hydroxylation is 1. The molecule has 2 atom stereocenters. The SMILES string of the molecule is Cc1cc2cn[nH]c2cc1[C@H]1CCNC[C@H]1O.Cl. The molecule has 2 heterocycles. The van der Waals surface area contributed by atoms with Gasteiger partial charge in [0.05, 0.1) is 17.8 Å². The van der Waals surface area contributed by atoms with Crippen molar-refractivity contribution in [1.29, 1.82) is 0 Å². The lowest BCUT2D eigenvalue weighted by atomic mass is 9.85. The average Bonchev–Trinajstić information content (AvgIpc) is 2.76. The summed E-state index contributed by atoms with van der Waals surface area (Å²) < 4.78 is 0. The first-order chi connectivity index (χ1) is 8.25. The van der Waals surface area contributed by atoms with Crippen LogP contribution in [0.1, 0.15) is 23.5 Å². The Labute approximate surface area is 112 Å². The molecule has 0 aliphatic carbocycles. The number of nitrogens with zero attached hydrogens (tertiary/aromatic N) is 1. The van der Waals surface area contributed by atoms with Crippen molar-refractivity contribution < 1.29 is 5.11 Å². The number of H-pyrrole nitrogens is 1. The molecule has 98 valence electrons. The van der Waals surface area contributed by atoms with Crippen LogP contribution in [-0.2, 0) is 0 Å². The number of halogens is 1. The van der Waals surface area contributed by atoms with Gasteiger partial charge in [-0.05, 0) is 43.1 Å². The lowest BCUT2D eigenvalue weighted by molar-refractivity contribution is 0.118. The molecule has 1 fully saturated rings. The van der Waals surface area contributed by atoms with Crippen molar-refractivity contribution >= 4 is 23.3 Å². The summed E-state index contributed by atoms with van der Waals surface area (Å²) in [5, 5.41) is 21.5. The molecule has 0 spiro atoms. The number of piperidine rings is 1. The lowest BCUT2D eigenvalue weighted by Gasteiger charge is -2.29. The molecule has 3 rings (SSSR count). The number of aliphatic hydroxyl groups is 1. The minimum absolute atomic E-state index is 0. The first kappa shape index (κ1) is 13.3. The summed E-state index contributed by atoms with van der Waals surface area (Å²) >= 11 is 0. The maximum Gasteiger partial charge on any atom is 0.0733 e. The van der Waals surface area contributed by atoms with E-state index in [1.807, 2.05) is 6.20 Å². The zero-order chi connectivity index (χ0) is 11.8. The molecule has 1 aliphatic heterocycles. The van der Waals surface area contributed by atoms with Gasteiger partial charge in [-0.15, -0.1) is 12.4 Å². The van der Waals surface area contributed by atoms with Gasteiger partial charge in [-0.1, -0.05) is 0 Å². The van der Waals surface area contributed by atoms with Crippen molar-refractivity contribution in [2.24, 2.45) is 0 Å². The van der Waals surface area contributed by atoms with E-state index in [9.17, 15) is 5.11 Å². The van der Waals surface area contributed by atoms with Crippen LogP contribution in [0.3, 0.4) is 0 Å². The van der Waals surface area contributed by atoms with Gasteiger partial charge in [0.15, 0.2) is 0 Å². The van der Waals surface area contributed by atoms with Gasteiger partial charge in [0.25, 0.3) is 0 Å². The van der Waals surface area contributed by atoms with Crippen molar-refractivity contribution in [3.63, 3.8) is 0 Å². The van der Waals surface area contributed by atoms with Crippen LogP contribution in [-0.4, -0.2) is 34.5 Å². The smallest absolute Gasteiger partial charge is 0.0733 e. The second-order valence-electron chi connectivity index (χ2n) is 4.83. The number of fused-ring (bicyclic) bond motifs is 1. The fourth-order valence-corrected chi connectivity index (χ4v) is 2.73. The van der Waals surface area contributed by atoms with Gasteiger partial charge >= 0.3 is 0 Å². The number of aromatic amines is 1. The summed E-state index contributed by atoms with van der Waals surface area (Å²) in [7, 11) is 0. The van der Waals surface area contributed by atoms with Crippen molar-refractivity contribution in [3.8, 4) is 0 Å². The Hall–Kier alpha value is -1.10. The number of hydrogen-bond acceptors (Lipinski definition) is 3. The van der Waals surface area contributed by atoms with Crippen LogP contribution in [0.15, 0.2) is 18.3 Å². The zero-order valence-corrected chi connectivity index (χ0v) is 11.1. The fourth-order valence-electron chi connectivity index (χ4n) is 2.73. The average molecular weight is 268 g/mol. The summed E-state index contributed by atoms with van der Waals surface area (Å²) in [6.07, 6.45) is 2.54. The third-order valence-corrected chi connectivity index (χ3v) is 3.68. The van der Waals surface area contributed by atoms with Gasteiger partial charge in [0.2, 0.25) is 0 Å². The first-order valence-electron chi connectivity index (χ1n) is 6.08. The third-order valence-electron chi connectivity index (χ3n) is 3.68. The highest BCUT2D eigenvalue weighted by Crippen LogP contribution is 2.30. The van der Waals surface area contributed by atoms with Gasteiger partial charge < -0.3 is 10.4 Å². The van der Waals surface area contributed by atoms with Gasteiger partial charge in [-0.25, -0.2) is 0 Å². The molecule has 2 aromatic rings. The maximum atomic E-state index is 10.1. The van der Waals surface area contributed by atoms with E-state index >= 15 is 0 Å². The molecule has 0 unspecified atom stereocenters. The Morgan fingerprint density at radius 3 is 3.00 bits per heavy atom. The highest BCUT2D eigenvalue weighted by Gasteiger charge is 2.25. The zero-order valence-electron chi connectivity index (χ0n) is 10.3. The molecule has 1 aromatic carbocycles. The minimum atomic E-state index is -0.289. The molecular weight excluding hydrogens is 250 g/mol. The van der Waals surface area contributed by atoms with Gasteiger partial charge in [0, 0.05) is 17.8 Å². The van der Waals surface area contributed by atoms with Crippen molar-refractivity contribution in [3.05, 3.63) is 29.5 Å². The summed E-state index contributed by atoms with van der Waals surface area (Å²) in [5.41, 5.74) is 3.54. The molecule has 3 N–H and O–H groups in total. The van der Waals surface area contributed by atoms with Gasteiger partial charge in [-0.2, -0.15) is 5.10 Å². The highest BCUT2D eigenvalue weighted by molar-refractivity contribution is 5.85. The number of aliphatic hydroxyl groups excluding tert-OH is 1. The summed E-state index contributed by atoms with van der Waals surface area (Å²) in [6, 6.07) is 4.28. The Bertz CT molecular complexity index is 540. The van der Waals surface area contributed by atoms with E-state index in [1.165, 1.54) is 11.1 Å². The largest absolute Gasteiger partial charge is 0.391 e. The number of hydrogen-bond donors (Lipinski definition) is 3. The Morgan fingerprint density at radius 1 is 1.39 bits per heavy atom. The van der Waals surface area contributed by atoms with Gasteiger partial charge in [-0.3, -0.25) is 5.10 Å². The molecule has 1 aromatic heterocycles. The minimum Gasteiger partial charge on any atom is -0.391 e. The summed E-state index contributed by atoms with van der Waals surface area (Å²) in [6.45, 7) is 3.77. The summed E-state index contributed by atoms with van der Waals surface area (Å²) in [4.78, 5) is 0. The van der Waals surface area contributed by atoms with E-state index in [1.54, 1.807) is 0 Å². The first-order valence-corrected chi connectivity index (χ1v) is 6.08. The van der Waals surface area contributed by atoms with E-state index in [2.05, 4.69) is 34.6 Å². The molecule has 5 heteroatoms. The van der Waals surface area contributed by atoms with Crippen molar-refractivity contribution in [1.82, 2.24) is 15.5 Å². The number of benzene rings is 1. The van der Waals surface area contributed by atoms with E-state index in [0.717, 1.165) is 23.9 Å². The number of aromatic nitrogens is 2. The quantitative estimate of drug-likeness (QED) is 0.738. The second-order valence-corrected chi connectivity index (χ2v) is 4.83. The standard InChI is InChI=1S/C13H17N3O.ClH/c1-8-4-9-6-15-16-12(9)5-11(8)10-2-3-14-7-13(10)17;/h4-6,10,13-14,17H,2-3,7H2,1H3,(H,15,16);1H/t10-,13-;/m1./s1. The van der Waals surface area contributed by atoms with Crippen LogP contribution >= 0.6 is 12.4 Å². The normalized spacial score (nSPS) is 23.9. The van der Waals surface area contributed by atoms with Crippen LogP contribution in [0.4, 0.5) is 0 Å². The molecule has 0 saturated carbocycles. The molecule has 0 radical (unpaired) electrons. The van der Waals surface area contributed by atoms with Crippen LogP contribution in [0.2, 0.25) is 0 Å². The van der Waals surface area contributed by atoms with E-state index < -0.39 is 0 Å². The van der Waals surface area contributed by atoms with E-state index in [4.69, 9.17) is 0 Å². The fraction of sp³-hybridized carbons (Fsp3) is 0.462. The van der Waals surface area contributed by atoms with Crippen LogP contribution in [0, 0.1) is 6.92 Å². The molecule has 1 saturated heterocycles. The van der Waals surface area contributed by atoms with Crippen molar-refractivity contribution in [2.75, 3.05) is 13.1 Å². The molecule has 4 nitrogen and oxygen atoms in total. The molecular formula is C13H18ClN3O. The topological polar surface area (TPSA) is 60.9 Å². The summed E-state index contributed by atoms with van der Waals surface area (Å²) in [5.74, 6) is 0.240. The second kappa shape index (κ2) is 5.26. The number of rotatable bonds is 1. The Morgan fingerprint density at radius 2 is 2.22 bits per heavy atom. The van der Waals surface area contributed by atoms with E-state index in [-0.39, 0.29) is 24.4 Å². The molecule has 0 bridgehead atoms. The highest BCUT2D eigenvalue weighted by atomic mass is 35.5. The monoisotopic (exact) mass is 267 g/mol. The predicted octanol–water partition coefficient (Wildman–Crippen LogP) is 1.73. The van der Waals surface area contributed by atoms with Crippen LogP contribution in [0.5, 0.6) is 0 Å². The Kier molecular flexibility index (Phi) is 3.90. The number of β-amino-alcohol motifs (C(OH)–C–C–N with tert-alkyl or cyclic N) is 1. The lowest BCUT2D eigenvalue weighted by Crippen LogP contribution is -2.39. The van der Waals surface area contributed by atoms with Gasteiger partial charge in [0.1, 0.15) is 0 Å². The molecule has 18 heavy (non-hydrogen) atoms. The third kappa shape index (κ3) is 2.23. The Balaban J connectivity index is 0.00000120. The van der Waals surface area contributed by atoms with Crippen LogP contribution in [0.25, 0.3) is 10.9 Å². The van der Waals surface area contributed by atoms with E-state index in [0.29, 0.717) is 6.54 Å². The molecule has 0 amide bonds.